The molecule has 1 saturated carbocycles. The Morgan fingerprint density at radius 2 is 1.78 bits per heavy atom. The van der Waals surface area contributed by atoms with Crippen molar-refractivity contribution in [3.63, 3.8) is 0 Å². The molecule has 23 heavy (non-hydrogen) atoms. The molecule has 1 aliphatic carbocycles. The van der Waals surface area contributed by atoms with Crippen LogP contribution < -0.4 is 5.73 Å². The number of nitrogen functional groups attached to an aromatic ring is 1. The van der Waals surface area contributed by atoms with Gasteiger partial charge in [0.2, 0.25) is 0 Å². The summed E-state index contributed by atoms with van der Waals surface area (Å²) in [4.78, 5) is 8.67. The van der Waals surface area contributed by atoms with Gasteiger partial charge in [0, 0.05) is 5.56 Å². The highest BCUT2D eigenvalue weighted by Crippen LogP contribution is 2.35. The molecule has 2 heterocycles. The highest BCUT2D eigenvalue weighted by molar-refractivity contribution is 5.98. The molecule has 2 aromatic heterocycles. The number of aryl methyl sites for hydroxylation is 1. The van der Waals surface area contributed by atoms with Gasteiger partial charge in [-0.1, -0.05) is 49.1 Å². The van der Waals surface area contributed by atoms with Crippen LogP contribution in [0.25, 0.3) is 22.3 Å². The largest absolute Gasteiger partial charge is 0.383 e. The Balaban J connectivity index is 1.91. The van der Waals surface area contributed by atoms with E-state index >= 15 is 0 Å². The van der Waals surface area contributed by atoms with Crippen molar-refractivity contribution >= 4 is 16.9 Å². The molecular formula is C18H21N5. The molecule has 0 spiro atoms. The Kier molecular flexibility index (Phi) is 3.48. The molecule has 1 aromatic carbocycles. The molecule has 0 radical (unpaired) electrons. The fourth-order valence-corrected chi connectivity index (χ4v) is 3.49. The summed E-state index contributed by atoms with van der Waals surface area (Å²) in [6, 6.07) is 8.80. The maximum atomic E-state index is 6.16. The first-order valence-electron chi connectivity index (χ1n) is 8.30. The second-order valence-electron chi connectivity index (χ2n) is 6.41. The highest BCUT2D eigenvalue weighted by Gasteiger charge is 2.23. The minimum Gasteiger partial charge on any atom is -0.383 e. The van der Waals surface area contributed by atoms with E-state index in [1.165, 1.54) is 31.2 Å². The van der Waals surface area contributed by atoms with Gasteiger partial charge in [-0.25, -0.2) is 14.6 Å². The van der Waals surface area contributed by atoms with Crippen molar-refractivity contribution in [1.29, 1.82) is 0 Å². The fraction of sp³-hybridized carbons (Fsp3) is 0.389. The number of hydrogen-bond donors (Lipinski definition) is 1. The van der Waals surface area contributed by atoms with E-state index in [1.807, 2.05) is 0 Å². The molecular weight excluding hydrogens is 286 g/mol. The molecule has 118 valence electrons. The molecule has 0 saturated heterocycles. The third kappa shape index (κ3) is 2.46. The van der Waals surface area contributed by atoms with E-state index in [0.717, 1.165) is 35.1 Å². The molecule has 5 nitrogen and oxygen atoms in total. The van der Waals surface area contributed by atoms with E-state index in [2.05, 4.69) is 45.8 Å². The molecule has 0 atom stereocenters. The topological polar surface area (TPSA) is 69.6 Å². The quantitative estimate of drug-likeness (QED) is 0.779. The van der Waals surface area contributed by atoms with Crippen molar-refractivity contribution in [2.75, 3.05) is 5.73 Å². The van der Waals surface area contributed by atoms with E-state index in [-0.39, 0.29) is 0 Å². The Bertz CT molecular complexity index is 828. The van der Waals surface area contributed by atoms with Crippen molar-refractivity contribution < 1.29 is 0 Å². The average Bonchev–Trinajstić information content (AvgIpc) is 2.97. The van der Waals surface area contributed by atoms with Crippen molar-refractivity contribution in [2.24, 2.45) is 0 Å². The lowest BCUT2D eigenvalue weighted by molar-refractivity contribution is 0.336. The third-order valence-electron chi connectivity index (χ3n) is 4.76. The predicted octanol–water partition coefficient (Wildman–Crippen LogP) is 3.89. The van der Waals surface area contributed by atoms with Crippen LogP contribution in [0.2, 0.25) is 0 Å². The average molecular weight is 307 g/mol. The second kappa shape index (κ2) is 5.65. The van der Waals surface area contributed by atoms with Crippen LogP contribution in [-0.2, 0) is 0 Å². The van der Waals surface area contributed by atoms with Gasteiger partial charge in [-0.3, -0.25) is 0 Å². The van der Waals surface area contributed by atoms with Gasteiger partial charge in [0.1, 0.15) is 17.8 Å². The van der Waals surface area contributed by atoms with Gasteiger partial charge in [-0.15, -0.1) is 0 Å². The first-order valence-corrected chi connectivity index (χ1v) is 8.30. The molecule has 1 aliphatic rings. The van der Waals surface area contributed by atoms with Crippen molar-refractivity contribution in [2.45, 2.75) is 45.1 Å². The Hall–Kier alpha value is -2.43. The number of fused-ring (bicyclic) bond motifs is 1. The number of benzene rings is 1. The van der Waals surface area contributed by atoms with E-state index in [9.17, 15) is 0 Å². The number of aromatic nitrogens is 4. The lowest BCUT2D eigenvalue weighted by Gasteiger charge is -2.22. The second-order valence-corrected chi connectivity index (χ2v) is 6.41. The molecule has 1 fully saturated rings. The van der Waals surface area contributed by atoms with Crippen LogP contribution in [-0.4, -0.2) is 19.7 Å². The van der Waals surface area contributed by atoms with Crippen LogP contribution in [0, 0.1) is 6.92 Å². The standard InChI is InChI=1S/C18H21N5/c1-12-7-9-13(10-8-12)16-15-17(19)20-11-21-18(15)23(22-16)14-5-3-2-4-6-14/h7-11,14H,2-6H2,1H3,(H2,19,20,21). The van der Waals surface area contributed by atoms with Crippen molar-refractivity contribution in [1.82, 2.24) is 19.7 Å². The minimum atomic E-state index is 0.416. The minimum absolute atomic E-state index is 0.416. The number of anilines is 1. The van der Waals surface area contributed by atoms with Crippen LogP contribution in [0.5, 0.6) is 0 Å². The normalized spacial score (nSPS) is 16.0. The summed E-state index contributed by atoms with van der Waals surface area (Å²) >= 11 is 0. The van der Waals surface area contributed by atoms with E-state index in [0.29, 0.717) is 11.9 Å². The predicted molar refractivity (Wildman–Crippen MR) is 92.0 cm³/mol. The Labute approximate surface area is 135 Å². The van der Waals surface area contributed by atoms with E-state index in [4.69, 9.17) is 10.8 Å². The summed E-state index contributed by atoms with van der Waals surface area (Å²) in [5.74, 6) is 0.507. The van der Waals surface area contributed by atoms with Gasteiger partial charge in [0.25, 0.3) is 0 Å². The highest BCUT2D eigenvalue weighted by atomic mass is 15.3. The maximum absolute atomic E-state index is 6.16. The van der Waals surface area contributed by atoms with Crippen molar-refractivity contribution in [3.8, 4) is 11.3 Å². The van der Waals surface area contributed by atoms with Crippen LogP contribution in [0.15, 0.2) is 30.6 Å². The number of nitrogens with zero attached hydrogens (tertiary/aromatic N) is 4. The zero-order chi connectivity index (χ0) is 15.8. The molecule has 2 N–H and O–H groups in total. The summed E-state index contributed by atoms with van der Waals surface area (Å²) in [5, 5.41) is 5.78. The summed E-state index contributed by atoms with van der Waals surface area (Å²) in [7, 11) is 0. The number of hydrogen-bond acceptors (Lipinski definition) is 4. The summed E-state index contributed by atoms with van der Waals surface area (Å²) in [6.45, 7) is 2.08. The summed E-state index contributed by atoms with van der Waals surface area (Å²) in [6.07, 6.45) is 7.69. The van der Waals surface area contributed by atoms with Gasteiger partial charge in [-0.05, 0) is 19.8 Å². The third-order valence-corrected chi connectivity index (χ3v) is 4.76. The van der Waals surface area contributed by atoms with Crippen LogP contribution >= 0.6 is 0 Å². The van der Waals surface area contributed by atoms with Gasteiger partial charge < -0.3 is 5.73 Å². The number of nitrogens with two attached hydrogens (primary N) is 1. The fourth-order valence-electron chi connectivity index (χ4n) is 3.49. The lowest BCUT2D eigenvalue weighted by Crippen LogP contribution is -2.14. The molecule has 0 amide bonds. The molecule has 0 bridgehead atoms. The smallest absolute Gasteiger partial charge is 0.164 e. The van der Waals surface area contributed by atoms with Gasteiger partial charge >= 0.3 is 0 Å². The van der Waals surface area contributed by atoms with Crippen LogP contribution in [0.3, 0.4) is 0 Å². The van der Waals surface area contributed by atoms with Gasteiger partial charge in [0.05, 0.1) is 11.4 Å². The Morgan fingerprint density at radius 1 is 1.04 bits per heavy atom. The summed E-state index contributed by atoms with van der Waals surface area (Å²) in [5.41, 5.74) is 10.2. The van der Waals surface area contributed by atoms with Crippen molar-refractivity contribution in [3.05, 3.63) is 36.2 Å². The van der Waals surface area contributed by atoms with Crippen LogP contribution in [0.1, 0.15) is 43.7 Å². The molecule has 5 heteroatoms. The van der Waals surface area contributed by atoms with Gasteiger partial charge in [0.15, 0.2) is 5.65 Å². The zero-order valence-corrected chi connectivity index (χ0v) is 13.4. The molecule has 3 aromatic rings. The van der Waals surface area contributed by atoms with Crippen LogP contribution in [0.4, 0.5) is 5.82 Å². The first-order chi connectivity index (χ1) is 11.2. The van der Waals surface area contributed by atoms with E-state index < -0.39 is 0 Å². The maximum Gasteiger partial charge on any atom is 0.164 e. The first kappa shape index (κ1) is 14.2. The monoisotopic (exact) mass is 307 g/mol. The molecule has 4 rings (SSSR count). The summed E-state index contributed by atoms with van der Waals surface area (Å²) < 4.78 is 2.09. The molecule has 0 unspecified atom stereocenters. The zero-order valence-electron chi connectivity index (χ0n) is 13.4. The van der Waals surface area contributed by atoms with Gasteiger partial charge in [-0.2, -0.15) is 5.10 Å². The number of rotatable bonds is 2. The molecule has 0 aliphatic heterocycles. The lowest BCUT2D eigenvalue weighted by atomic mass is 9.96. The SMILES string of the molecule is Cc1ccc(-c2nn(C3CCCCC3)c3ncnc(N)c23)cc1. The van der Waals surface area contributed by atoms with E-state index in [1.54, 1.807) is 0 Å². The Morgan fingerprint density at radius 3 is 2.52 bits per heavy atom.